The predicted molar refractivity (Wildman–Crippen MR) is 82.2 cm³/mol. The number of nitrogens with zero attached hydrogens (tertiary/aromatic N) is 1. The fourth-order valence-electron chi connectivity index (χ4n) is 2.26. The average Bonchev–Trinajstić information content (AvgIpc) is 2.71. The zero-order chi connectivity index (χ0) is 14.0. The molecule has 1 saturated heterocycles. The van der Waals surface area contributed by atoms with Gasteiger partial charge in [0.1, 0.15) is 4.21 Å². The molecule has 0 atom stereocenters. The first-order valence-corrected chi connectivity index (χ1v) is 9.53. The van der Waals surface area contributed by atoms with Crippen molar-refractivity contribution in [3.05, 3.63) is 14.9 Å². The molecule has 1 aromatic heterocycles. The van der Waals surface area contributed by atoms with Gasteiger partial charge in [0.25, 0.3) is 10.0 Å². The zero-order valence-corrected chi connectivity index (χ0v) is 14.3. The van der Waals surface area contributed by atoms with Crippen molar-refractivity contribution in [3.63, 3.8) is 0 Å². The van der Waals surface area contributed by atoms with Gasteiger partial charge in [-0.2, -0.15) is 4.31 Å². The Morgan fingerprint density at radius 2 is 2.11 bits per heavy atom. The normalized spacial score (nSPS) is 18.9. The molecule has 4 nitrogen and oxygen atoms in total. The number of thiophene rings is 1. The van der Waals surface area contributed by atoms with Crippen LogP contribution in [0.25, 0.3) is 0 Å². The minimum Gasteiger partial charge on any atom is -0.330 e. The van der Waals surface area contributed by atoms with Crippen LogP contribution in [-0.2, 0) is 10.0 Å². The van der Waals surface area contributed by atoms with E-state index in [9.17, 15) is 8.42 Å². The van der Waals surface area contributed by atoms with Crippen LogP contribution in [0.1, 0.15) is 19.3 Å². The van der Waals surface area contributed by atoms with Gasteiger partial charge in [0.2, 0.25) is 0 Å². The van der Waals surface area contributed by atoms with Gasteiger partial charge in [0.05, 0.1) is 8.81 Å². The number of rotatable bonds is 4. The summed E-state index contributed by atoms with van der Waals surface area (Å²) in [7, 11) is -3.40. The number of halogens is 2. The summed E-state index contributed by atoms with van der Waals surface area (Å²) in [6.45, 7) is 1.81. The molecule has 1 aliphatic rings. The highest BCUT2D eigenvalue weighted by molar-refractivity contribution is 9.11. The third-order valence-electron chi connectivity index (χ3n) is 3.37. The Kier molecular flexibility index (Phi) is 5.30. The first-order valence-electron chi connectivity index (χ1n) is 6.10. The summed E-state index contributed by atoms with van der Waals surface area (Å²) in [5, 5.41) is 0.446. The van der Waals surface area contributed by atoms with Gasteiger partial charge in [-0.05, 0) is 53.7 Å². The van der Waals surface area contributed by atoms with Crippen molar-refractivity contribution >= 4 is 48.9 Å². The molecule has 8 heteroatoms. The van der Waals surface area contributed by atoms with E-state index in [0.29, 0.717) is 38.6 Å². The Labute approximate surface area is 131 Å². The number of piperidine rings is 1. The summed E-state index contributed by atoms with van der Waals surface area (Å²) in [5.74, 6) is 0.551. The molecule has 108 valence electrons. The van der Waals surface area contributed by atoms with E-state index in [1.54, 1.807) is 4.31 Å². The van der Waals surface area contributed by atoms with Crippen LogP contribution >= 0.6 is 38.9 Å². The first kappa shape index (κ1) is 15.7. The van der Waals surface area contributed by atoms with Crippen molar-refractivity contribution < 1.29 is 8.42 Å². The molecule has 1 fully saturated rings. The molecule has 2 N–H and O–H groups in total. The molecule has 0 bridgehead atoms. The lowest BCUT2D eigenvalue weighted by atomic mass is 9.95. The summed E-state index contributed by atoms with van der Waals surface area (Å²) < 4.78 is 27.4. The Hall–Kier alpha value is 0.340. The van der Waals surface area contributed by atoms with E-state index in [1.165, 1.54) is 6.07 Å². The fourth-order valence-corrected chi connectivity index (χ4v) is 6.28. The minimum atomic E-state index is -3.40. The van der Waals surface area contributed by atoms with Gasteiger partial charge in [0, 0.05) is 13.1 Å². The summed E-state index contributed by atoms with van der Waals surface area (Å²) in [6.07, 6.45) is 2.75. The SMILES string of the molecule is NCCC1CCN(S(=O)(=O)c2cc(Cl)c(Br)s2)CC1. The molecule has 0 saturated carbocycles. The second kappa shape index (κ2) is 6.41. The third kappa shape index (κ3) is 3.51. The lowest BCUT2D eigenvalue weighted by Crippen LogP contribution is -2.38. The molecule has 0 spiro atoms. The minimum absolute atomic E-state index is 0.307. The molecule has 2 heterocycles. The smallest absolute Gasteiger partial charge is 0.252 e. The van der Waals surface area contributed by atoms with Gasteiger partial charge in [0.15, 0.2) is 0 Å². The van der Waals surface area contributed by atoms with Gasteiger partial charge < -0.3 is 5.73 Å². The molecule has 19 heavy (non-hydrogen) atoms. The fraction of sp³-hybridized carbons (Fsp3) is 0.636. The van der Waals surface area contributed by atoms with Crippen molar-refractivity contribution in [2.45, 2.75) is 23.5 Å². The van der Waals surface area contributed by atoms with Crippen LogP contribution in [0.5, 0.6) is 0 Å². The Bertz CT molecular complexity index is 519. The van der Waals surface area contributed by atoms with Crippen LogP contribution in [0.3, 0.4) is 0 Å². The average molecular weight is 388 g/mol. The Morgan fingerprint density at radius 3 is 2.58 bits per heavy atom. The van der Waals surface area contributed by atoms with Crippen LogP contribution in [0, 0.1) is 5.92 Å². The number of nitrogens with two attached hydrogens (primary N) is 1. The van der Waals surface area contributed by atoms with E-state index in [1.807, 2.05) is 0 Å². The van der Waals surface area contributed by atoms with Gasteiger partial charge >= 0.3 is 0 Å². The van der Waals surface area contributed by atoms with Crippen molar-refractivity contribution in [2.75, 3.05) is 19.6 Å². The van der Waals surface area contributed by atoms with E-state index in [0.717, 1.165) is 30.6 Å². The quantitative estimate of drug-likeness (QED) is 0.864. The maximum Gasteiger partial charge on any atom is 0.252 e. The summed E-state index contributed by atoms with van der Waals surface area (Å²) in [4.78, 5) is 0. The van der Waals surface area contributed by atoms with E-state index in [4.69, 9.17) is 17.3 Å². The molecule has 0 unspecified atom stereocenters. The first-order chi connectivity index (χ1) is 8.95. The second-order valence-corrected chi connectivity index (χ2v) is 9.55. The van der Waals surface area contributed by atoms with Crippen LogP contribution in [-0.4, -0.2) is 32.4 Å². The van der Waals surface area contributed by atoms with Gasteiger partial charge in [-0.3, -0.25) is 0 Å². The molecule has 0 radical (unpaired) electrons. The largest absolute Gasteiger partial charge is 0.330 e. The second-order valence-electron chi connectivity index (χ2n) is 4.61. The van der Waals surface area contributed by atoms with E-state index < -0.39 is 10.0 Å². The maximum absolute atomic E-state index is 12.4. The van der Waals surface area contributed by atoms with E-state index in [2.05, 4.69) is 15.9 Å². The Morgan fingerprint density at radius 1 is 1.47 bits per heavy atom. The van der Waals surface area contributed by atoms with E-state index in [-0.39, 0.29) is 0 Å². The summed E-state index contributed by atoms with van der Waals surface area (Å²) in [6, 6.07) is 1.51. The van der Waals surface area contributed by atoms with Crippen molar-refractivity contribution in [3.8, 4) is 0 Å². The third-order valence-corrected chi connectivity index (χ3v) is 8.19. The molecule has 0 aliphatic carbocycles. The lowest BCUT2D eigenvalue weighted by molar-refractivity contribution is 0.266. The van der Waals surface area contributed by atoms with Gasteiger partial charge in [-0.1, -0.05) is 11.6 Å². The maximum atomic E-state index is 12.4. The van der Waals surface area contributed by atoms with Crippen molar-refractivity contribution in [1.82, 2.24) is 4.31 Å². The standard InChI is InChI=1S/C11H16BrClN2O2S2/c12-11-9(13)7-10(18-11)19(16,17)15-5-2-8(1-4-14)3-6-15/h7-8H,1-6,14H2. The topological polar surface area (TPSA) is 63.4 Å². The van der Waals surface area contributed by atoms with Gasteiger partial charge in [-0.25, -0.2) is 8.42 Å². The van der Waals surface area contributed by atoms with Crippen LogP contribution < -0.4 is 5.73 Å². The van der Waals surface area contributed by atoms with E-state index >= 15 is 0 Å². The van der Waals surface area contributed by atoms with Crippen molar-refractivity contribution in [2.24, 2.45) is 11.7 Å². The highest BCUT2D eigenvalue weighted by atomic mass is 79.9. The highest BCUT2D eigenvalue weighted by Gasteiger charge is 2.30. The molecular weight excluding hydrogens is 372 g/mol. The number of sulfonamides is 1. The zero-order valence-electron chi connectivity index (χ0n) is 10.3. The van der Waals surface area contributed by atoms with Gasteiger partial charge in [-0.15, -0.1) is 11.3 Å². The highest BCUT2D eigenvalue weighted by Crippen LogP contribution is 2.36. The molecule has 0 amide bonds. The van der Waals surface area contributed by atoms with Crippen LogP contribution in [0.2, 0.25) is 5.02 Å². The number of hydrogen-bond acceptors (Lipinski definition) is 4. The predicted octanol–water partition coefficient (Wildman–Crippen LogP) is 2.91. The summed E-state index contributed by atoms with van der Waals surface area (Å²) >= 11 is 10.3. The monoisotopic (exact) mass is 386 g/mol. The molecule has 1 aromatic rings. The Balaban J connectivity index is 2.09. The lowest BCUT2D eigenvalue weighted by Gasteiger charge is -2.30. The number of hydrogen-bond donors (Lipinski definition) is 1. The van der Waals surface area contributed by atoms with Crippen LogP contribution in [0.4, 0.5) is 0 Å². The summed E-state index contributed by atoms with van der Waals surface area (Å²) in [5.41, 5.74) is 5.54. The molecular formula is C11H16BrClN2O2S2. The molecule has 2 rings (SSSR count). The van der Waals surface area contributed by atoms with Crippen molar-refractivity contribution in [1.29, 1.82) is 0 Å². The van der Waals surface area contributed by atoms with Crippen LogP contribution in [0.15, 0.2) is 14.1 Å². The molecule has 1 aliphatic heterocycles. The molecule has 0 aromatic carbocycles.